The number of hydrogen-bond acceptors (Lipinski definition) is 3. The monoisotopic (exact) mass is 248 g/mol. The Kier molecular flexibility index (Phi) is 4.73. The molecule has 0 aromatic heterocycles. The standard InChI is InChI=1S/C14H20N2O2/c1-11(15-13-8-5-9-18-10-13)14(17)16-12-6-3-2-4-7-12/h2-4,6-7,11,13,15H,5,8-10H2,1H3,(H,16,17). The molecule has 1 aliphatic rings. The van der Waals surface area contributed by atoms with Crippen LogP contribution in [0.3, 0.4) is 0 Å². The summed E-state index contributed by atoms with van der Waals surface area (Å²) >= 11 is 0. The number of carbonyl (C=O) groups excluding carboxylic acids is 1. The van der Waals surface area contributed by atoms with Crippen molar-refractivity contribution in [3.8, 4) is 0 Å². The maximum absolute atomic E-state index is 12.0. The Balaban J connectivity index is 1.81. The molecule has 0 bridgehead atoms. The van der Waals surface area contributed by atoms with Crippen LogP contribution in [0, 0.1) is 0 Å². The SMILES string of the molecule is CC(NC1CCCOC1)C(=O)Nc1ccccc1. The van der Waals surface area contributed by atoms with Crippen molar-refractivity contribution in [2.75, 3.05) is 18.5 Å². The van der Waals surface area contributed by atoms with Crippen molar-refractivity contribution in [3.63, 3.8) is 0 Å². The number of amides is 1. The third-order valence-electron chi connectivity index (χ3n) is 3.08. The number of ether oxygens (including phenoxy) is 1. The van der Waals surface area contributed by atoms with Crippen molar-refractivity contribution in [2.24, 2.45) is 0 Å². The molecule has 4 nitrogen and oxygen atoms in total. The highest BCUT2D eigenvalue weighted by Crippen LogP contribution is 2.08. The van der Waals surface area contributed by atoms with Gasteiger partial charge in [0.1, 0.15) is 0 Å². The number of para-hydroxylation sites is 1. The molecule has 0 aliphatic carbocycles. The van der Waals surface area contributed by atoms with E-state index in [-0.39, 0.29) is 18.0 Å². The molecule has 1 amide bonds. The fraction of sp³-hybridized carbons (Fsp3) is 0.500. The van der Waals surface area contributed by atoms with Crippen molar-refractivity contribution < 1.29 is 9.53 Å². The van der Waals surface area contributed by atoms with Gasteiger partial charge >= 0.3 is 0 Å². The van der Waals surface area contributed by atoms with Crippen LogP contribution >= 0.6 is 0 Å². The minimum absolute atomic E-state index is 0.00762. The molecule has 1 saturated heterocycles. The first-order valence-electron chi connectivity index (χ1n) is 6.45. The van der Waals surface area contributed by atoms with E-state index in [4.69, 9.17) is 4.74 Å². The second-order valence-electron chi connectivity index (χ2n) is 4.66. The molecule has 1 aliphatic heterocycles. The van der Waals surface area contributed by atoms with Crippen molar-refractivity contribution >= 4 is 11.6 Å². The zero-order valence-corrected chi connectivity index (χ0v) is 10.7. The van der Waals surface area contributed by atoms with E-state index < -0.39 is 0 Å². The van der Waals surface area contributed by atoms with E-state index in [0.717, 1.165) is 25.1 Å². The molecule has 2 atom stereocenters. The summed E-state index contributed by atoms with van der Waals surface area (Å²) in [4.78, 5) is 12.0. The van der Waals surface area contributed by atoms with Crippen molar-refractivity contribution in [2.45, 2.75) is 31.8 Å². The van der Waals surface area contributed by atoms with Gasteiger partial charge < -0.3 is 15.4 Å². The fourth-order valence-electron chi connectivity index (χ4n) is 2.07. The number of anilines is 1. The van der Waals surface area contributed by atoms with Crippen molar-refractivity contribution in [1.29, 1.82) is 0 Å². The molecule has 98 valence electrons. The lowest BCUT2D eigenvalue weighted by atomic mass is 10.1. The summed E-state index contributed by atoms with van der Waals surface area (Å²) in [5.41, 5.74) is 0.830. The summed E-state index contributed by atoms with van der Waals surface area (Å²) in [6, 6.07) is 9.58. The Bertz CT molecular complexity index is 375. The van der Waals surface area contributed by atoms with Crippen LogP contribution in [0.5, 0.6) is 0 Å². The van der Waals surface area contributed by atoms with Crippen LogP contribution in [0.25, 0.3) is 0 Å². The van der Waals surface area contributed by atoms with Gasteiger partial charge in [-0.05, 0) is 31.9 Å². The first-order chi connectivity index (χ1) is 8.75. The normalized spacial score (nSPS) is 21.3. The Morgan fingerprint density at radius 2 is 2.17 bits per heavy atom. The highest BCUT2D eigenvalue weighted by atomic mass is 16.5. The van der Waals surface area contributed by atoms with Crippen LogP contribution < -0.4 is 10.6 Å². The highest BCUT2D eigenvalue weighted by molar-refractivity contribution is 5.94. The van der Waals surface area contributed by atoms with Crippen LogP contribution in [-0.2, 0) is 9.53 Å². The predicted molar refractivity (Wildman–Crippen MR) is 71.5 cm³/mol. The van der Waals surface area contributed by atoms with Gasteiger partial charge in [-0.3, -0.25) is 4.79 Å². The van der Waals surface area contributed by atoms with Crippen LogP contribution in [-0.4, -0.2) is 31.2 Å². The van der Waals surface area contributed by atoms with E-state index in [1.165, 1.54) is 0 Å². The first-order valence-corrected chi connectivity index (χ1v) is 6.45. The molecule has 1 aromatic rings. The van der Waals surface area contributed by atoms with Gasteiger partial charge in [0.2, 0.25) is 5.91 Å². The Morgan fingerprint density at radius 1 is 1.39 bits per heavy atom. The number of benzene rings is 1. The molecule has 1 heterocycles. The molecule has 2 N–H and O–H groups in total. The minimum Gasteiger partial charge on any atom is -0.380 e. The average molecular weight is 248 g/mol. The van der Waals surface area contributed by atoms with Gasteiger partial charge in [0.25, 0.3) is 0 Å². The largest absolute Gasteiger partial charge is 0.380 e. The van der Waals surface area contributed by atoms with Gasteiger partial charge in [0.05, 0.1) is 12.6 Å². The molecule has 1 fully saturated rings. The lowest BCUT2D eigenvalue weighted by Gasteiger charge is -2.26. The topological polar surface area (TPSA) is 50.4 Å². The fourth-order valence-corrected chi connectivity index (χ4v) is 2.07. The van der Waals surface area contributed by atoms with Gasteiger partial charge in [-0.2, -0.15) is 0 Å². The maximum Gasteiger partial charge on any atom is 0.241 e. The van der Waals surface area contributed by atoms with Gasteiger partial charge in [-0.1, -0.05) is 18.2 Å². The zero-order chi connectivity index (χ0) is 12.8. The highest BCUT2D eigenvalue weighted by Gasteiger charge is 2.19. The third kappa shape index (κ3) is 3.82. The maximum atomic E-state index is 12.0. The smallest absolute Gasteiger partial charge is 0.241 e. The van der Waals surface area contributed by atoms with Crippen LogP contribution in [0.15, 0.2) is 30.3 Å². The Hall–Kier alpha value is -1.39. The third-order valence-corrected chi connectivity index (χ3v) is 3.08. The van der Waals surface area contributed by atoms with Crippen molar-refractivity contribution in [1.82, 2.24) is 5.32 Å². The Morgan fingerprint density at radius 3 is 2.83 bits per heavy atom. The van der Waals surface area contributed by atoms with E-state index >= 15 is 0 Å². The Labute approximate surface area is 108 Å². The second-order valence-corrected chi connectivity index (χ2v) is 4.66. The molecular formula is C14H20N2O2. The molecule has 0 radical (unpaired) electrons. The van der Waals surface area contributed by atoms with Gasteiger partial charge in [-0.25, -0.2) is 0 Å². The molecule has 0 saturated carbocycles. The number of nitrogens with one attached hydrogen (secondary N) is 2. The zero-order valence-electron chi connectivity index (χ0n) is 10.7. The van der Waals surface area contributed by atoms with Crippen molar-refractivity contribution in [3.05, 3.63) is 30.3 Å². The van der Waals surface area contributed by atoms with Crippen LogP contribution in [0.4, 0.5) is 5.69 Å². The lowest BCUT2D eigenvalue weighted by molar-refractivity contribution is -0.118. The summed E-state index contributed by atoms with van der Waals surface area (Å²) in [5.74, 6) is -0.00762. The van der Waals surface area contributed by atoms with E-state index in [1.54, 1.807) is 0 Å². The van der Waals surface area contributed by atoms with Gasteiger partial charge in [0, 0.05) is 18.3 Å². The molecule has 2 rings (SSSR count). The summed E-state index contributed by atoms with van der Waals surface area (Å²) < 4.78 is 5.39. The number of hydrogen-bond donors (Lipinski definition) is 2. The predicted octanol–water partition coefficient (Wildman–Crippen LogP) is 1.78. The summed E-state index contributed by atoms with van der Waals surface area (Å²) in [5, 5.41) is 6.19. The lowest BCUT2D eigenvalue weighted by Crippen LogP contribution is -2.47. The molecule has 1 aromatic carbocycles. The molecule has 4 heteroatoms. The quantitative estimate of drug-likeness (QED) is 0.854. The summed E-state index contributed by atoms with van der Waals surface area (Å²) in [6.07, 6.45) is 2.13. The molecular weight excluding hydrogens is 228 g/mol. The van der Waals surface area contributed by atoms with Gasteiger partial charge in [-0.15, -0.1) is 0 Å². The second kappa shape index (κ2) is 6.52. The van der Waals surface area contributed by atoms with Crippen LogP contribution in [0.1, 0.15) is 19.8 Å². The first kappa shape index (κ1) is 13.1. The summed E-state index contributed by atoms with van der Waals surface area (Å²) in [7, 11) is 0. The average Bonchev–Trinajstić information content (AvgIpc) is 2.41. The van der Waals surface area contributed by atoms with E-state index in [0.29, 0.717) is 6.61 Å². The summed E-state index contributed by atoms with van der Waals surface area (Å²) in [6.45, 7) is 3.42. The van der Waals surface area contributed by atoms with E-state index in [2.05, 4.69) is 10.6 Å². The number of carbonyl (C=O) groups is 1. The van der Waals surface area contributed by atoms with Gasteiger partial charge in [0.15, 0.2) is 0 Å². The molecule has 18 heavy (non-hydrogen) atoms. The molecule has 2 unspecified atom stereocenters. The minimum atomic E-state index is -0.211. The van der Waals surface area contributed by atoms with E-state index in [1.807, 2.05) is 37.3 Å². The molecule has 0 spiro atoms. The van der Waals surface area contributed by atoms with E-state index in [9.17, 15) is 4.79 Å². The number of rotatable bonds is 4. The van der Waals surface area contributed by atoms with Crippen LogP contribution in [0.2, 0.25) is 0 Å².